The third-order valence-corrected chi connectivity index (χ3v) is 4.04. The van der Waals surface area contributed by atoms with Crippen LogP contribution in [0.1, 0.15) is 17.3 Å². The molecule has 0 fully saturated rings. The molecule has 3 rings (SSSR count). The lowest BCUT2D eigenvalue weighted by Gasteiger charge is -2.11. The second-order valence-electron chi connectivity index (χ2n) is 4.94. The molecule has 24 heavy (non-hydrogen) atoms. The van der Waals surface area contributed by atoms with Gasteiger partial charge in [0.05, 0.1) is 21.7 Å². The lowest BCUT2D eigenvalue weighted by atomic mass is 10.0. The number of fused-ring (bicyclic) bond motifs is 1. The molecule has 0 bridgehead atoms. The predicted molar refractivity (Wildman–Crippen MR) is 92.7 cm³/mol. The van der Waals surface area contributed by atoms with E-state index in [-0.39, 0.29) is 21.6 Å². The Balaban J connectivity index is 2.29. The standard InChI is InChI=1S/C16H12Cl2N4O2/c1-2-19-15(23)10-5-3-4-9(14(10)18)13-11-6-7-12(17)21-22(11)8-20-16(13)24/h3-8H,2H2,1H3,(H,19,23). The summed E-state index contributed by atoms with van der Waals surface area (Å²) in [5.74, 6) is -0.307. The van der Waals surface area contributed by atoms with Crippen molar-refractivity contribution >= 4 is 34.6 Å². The minimum atomic E-state index is -0.464. The maximum Gasteiger partial charge on any atom is 0.281 e. The fourth-order valence-corrected chi connectivity index (χ4v) is 2.84. The summed E-state index contributed by atoms with van der Waals surface area (Å²) in [7, 11) is 0. The van der Waals surface area contributed by atoms with Gasteiger partial charge in [0.1, 0.15) is 11.5 Å². The molecular weight excluding hydrogens is 351 g/mol. The molecule has 6 nitrogen and oxygen atoms in total. The van der Waals surface area contributed by atoms with Gasteiger partial charge in [-0.3, -0.25) is 9.59 Å². The normalized spacial score (nSPS) is 10.8. The molecule has 0 radical (unpaired) electrons. The van der Waals surface area contributed by atoms with Crippen molar-refractivity contribution in [1.82, 2.24) is 19.9 Å². The summed E-state index contributed by atoms with van der Waals surface area (Å²) < 4.78 is 1.40. The molecule has 8 heteroatoms. The summed E-state index contributed by atoms with van der Waals surface area (Å²) in [6.45, 7) is 2.28. The van der Waals surface area contributed by atoms with Crippen LogP contribution in [0.5, 0.6) is 0 Å². The van der Waals surface area contributed by atoms with Crippen molar-refractivity contribution in [3.63, 3.8) is 0 Å². The molecule has 0 atom stereocenters. The highest BCUT2D eigenvalue weighted by molar-refractivity contribution is 6.36. The van der Waals surface area contributed by atoms with Crippen molar-refractivity contribution in [2.24, 2.45) is 0 Å². The van der Waals surface area contributed by atoms with E-state index in [1.54, 1.807) is 30.3 Å². The van der Waals surface area contributed by atoms with Crippen molar-refractivity contribution < 1.29 is 4.79 Å². The number of aromatic nitrogens is 3. The minimum Gasteiger partial charge on any atom is -0.352 e. The summed E-state index contributed by atoms with van der Waals surface area (Å²) in [6, 6.07) is 8.16. The topological polar surface area (TPSA) is 76.4 Å². The third-order valence-electron chi connectivity index (χ3n) is 3.43. The van der Waals surface area contributed by atoms with Crippen LogP contribution in [-0.2, 0) is 0 Å². The van der Waals surface area contributed by atoms with Gasteiger partial charge in [0, 0.05) is 12.1 Å². The highest BCUT2D eigenvalue weighted by Gasteiger charge is 2.18. The Bertz CT molecular complexity index is 1000. The molecule has 122 valence electrons. The smallest absolute Gasteiger partial charge is 0.281 e. The van der Waals surface area contributed by atoms with Gasteiger partial charge in [0.2, 0.25) is 0 Å². The number of amides is 1. The molecule has 0 saturated carbocycles. The summed E-state index contributed by atoms with van der Waals surface area (Å²) in [6.07, 6.45) is 1.29. The van der Waals surface area contributed by atoms with Gasteiger partial charge in [-0.1, -0.05) is 35.3 Å². The number of hydrogen-bond acceptors (Lipinski definition) is 4. The van der Waals surface area contributed by atoms with Crippen LogP contribution < -0.4 is 10.9 Å². The molecule has 0 aliphatic carbocycles. The number of carbonyl (C=O) groups excluding carboxylic acids is 1. The molecule has 0 aliphatic rings. The Kier molecular flexibility index (Phi) is 4.51. The van der Waals surface area contributed by atoms with E-state index < -0.39 is 5.56 Å². The Morgan fingerprint density at radius 1 is 1.25 bits per heavy atom. The Morgan fingerprint density at radius 2 is 2.04 bits per heavy atom. The van der Waals surface area contributed by atoms with Crippen molar-refractivity contribution in [3.8, 4) is 11.1 Å². The number of rotatable bonds is 3. The van der Waals surface area contributed by atoms with Crippen molar-refractivity contribution in [2.45, 2.75) is 6.92 Å². The zero-order chi connectivity index (χ0) is 17.3. The second-order valence-corrected chi connectivity index (χ2v) is 5.70. The second kappa shape index (κ2) is 6.59. The zero-order valence-electron chi connectivity index (χ0n) is 12.6. The van der Waals surface area contributed by atoms with E-state index in [1.165, 1.54) is 10.8 Å². The van der Waals surface area contributed by atoms with Crippen LogP contribution in [0.15, 0.2) is 41.5 Å². The van der Waals surface area contributed by atoms with E-state index >= 15 is 0 Å². The number of benzene rings is 1. The number of hydrogen-bond donors (Lipinski definition) is 1. The van der Waals surface area contributed by atoms with Crippen LogP contribution in [0.3, 0.4) is 0 Å². The fraction of sp³-hybridized carbons (Fsp3) is 0.125. The first kappa shape index (κ1) is 16.4. The molecule has 0 aliphatic heterocycles. The van der Waals surface area contributed by atoms with E-state index in [1.807, 2.05) is 6.92 Å². The van der Waals surface area contributed by atoms with Crippen LogP contribution in [0.25, 0.3) is 16.6 Å². The fourth-order valence-electron chi connectivity index (χ4n) is 2.39. The number of nitrogens with one attached hydrogen (secondary N) is 1. The zero-order valence-corrected chi connectivity index (χ0v) is 14.1. The van der Waals surface area contributed by atoms with Crippen LogP contribution in [-0.4, -0.2) is 27.0 Å². The Morgan fingerprint density at radius 3 is 2.79 bits per heavy atom. The van der Waals surface area contributed by atoms with Gasteiger partial charge in [0.25, 0.3) is 11.5 Å². The SMILES string of the molecule is CCNC(=O)c1cccc(-c2c(=O)ncn3nc(Cl)ccc23)c1Cl. The van der Waals surface area contributed by atoms with Crippen LogP contribution in [0.4, 0.5) is 0 Å². The molecule has 1 amide bonds. The molecule has 0 saturated heterocycles. The van der Waals surface area contributed by atoms with Gasteiger partial charge in [-0.25, -0.2) is 4.52 Å². The number of carbonyl (C=O) groups is 1. The summed E-state index contributed by atoms with van der Waals surface area (Å²) in [5, 5.41) is 7.22. The minimum absolute atomic E-state index is 0.186. The molecule has 2 aromatic heterocycles. The molecule has 0 unspecified atom stereocenters. The first-order valence-corrected chi connectivity index (χ1v) is 7.89. The molecule has 1 aromatic carbocycles. The Labute approximate surface area is 147 Å². The molecule has 0 spiro atoms. The summed E-state index contributed by atoms with van der Waals surface area (Å²) in [5.41, 5.74) is 1.00. The Hall–Kier alpha value is -2.44. The highest BCUT2D eigenvalue weighted by Crippen LogP contribution is 2.31. The van der Waals surface area contributed by atoms with Gasteiger partial charge in [-0.15, -0.1) is 0 Å². The average Bonchev–Trinajstić information content (AvgIpc) is 2.56. The third kappa shape index (κ3) is 2.86. The lowest BCUT2D eigenvalue weighted by Crippen LogP contribution is -2.23. The molecule has 3 aromatic rings. The maximum atomic E-state index is 12.3. The maximum absolute atomic E-state index is 12.3. The average molecular weight is 363 g/mol. The monoisotopic (exact) mass is 362 g/mol. The first-order chi connectivity index (χ1) is 11.5. The van der Waals surface area contributed by atoms with Crippen LogP contribution in [0, 0.1) is 0 Å². The van der Waals surface area contributed by atoms with Crippen LogP contribution >= 0.6 is 23.2 Å². The summed E-state index contributed by atoms with van der Waals surface area (Å²) >= 11 is 12.3. The van der Waals surface area contributed by atoms with Gasteiger partial charge in [-0.2, -0.15) is 10.1 Å². The van der Waals surface area contributed by atoms with E-state index in [9.17, 15) is 9.59 Å². The van der Waals surface area contributed by atoms with E-state index in [0.717, 1.165) is 0 Å². The van der Waals surface area contributed by atoms with E-state index in [2.05, 4.69) is 15.4 Å². The van der Waals surface area contributed by atoms with Gasteiger partial charge >= 0.3 is 0 Å². The first-order valence-electron chi connectivity index (χ1n) is 7.14. The van der Waals surface area contributed by atoms with Crippen LogP contribution in [0.2, 0.25) is 10.2 Å². The summed E-state index contributed by atoms with van der Waals surface area (Å²) in [4.78, 5) is 28.3. The van der Waals surface area contributed by atoms with Crippen molar-refractivity contribution in [3.05, 3.63) is 62.8 Å². The molecular formula is C16H12Cl2N4O2. The number of nitrogens with zero attached hydrogens (tertiary/aromatic N) is 3. The van der Waals surface area contributed by atoms with Crippen molar-refractivity contribution in [2.75, 3.05) is 6.54 Å². The van der Waals surface area contributed by atoms with Gasteiger partial charge in [-0.05, 0) is 25.1 Å². The largest absolute Gasteiger partial charge is 0.352 e. The van der Waals surface area contributed by atoms with Crippen molar-refractivity contribution in [1.29, 1.82) is 0 Å². The quantitative estimate of drug-likeness (QED) is 0.777. The number of halogens is 2. The highest BCUT2D eigenvalue weighted by atomic mass is 35.5. The van der Waals surface area contributed by atoms with E-state index in [0.29, 0.717) is 23.2 Å². The molecule has 2 heterocycles. The van der Waals surface area contributed by atoms with Gasteiger partial charge < -0.3 is 5.32 Å². The molecule has 1 N–H and O–H groups in total. The van der Waals surface area contributed by atoms with E-state index in [4.69, 9.17) is 23.2 Å². The lowest BCUT2D eigenvalue weighted by molar-refractivity contribution is 0.0956. The predicted octanol–water partition coefficient (Wildman–Crippen LogP) is 2.81. The van der Waals surface area contributed by atoms with Gasteiger partial charge in [0.15, 0.2) is 0 Å².